The topological polar surface area (TPSA) is 91.1 Å². The number of hydrogen-bond donors (Lipinski definition) is 1. The first-order valence-electron chi connectivity index (χ1n) is 8.83. The standard InChI is InChI=1S/C17H26N2O5S.ClH/c18-7-1-10-22-14-5-8-19(9-6-14)25(20,21)15-3-4-16-17(13-15)24-12-2-11-23-16;/h3-4,13-14H,1-2,5-12,18H2;1H. The third kappa shape index (κ3) is 5.01. The molecule has 148 valence electrons. The van der Waals surface area contributed by atoms with Gasteiger partial charge in [-0.05, 0) is 37.9 Å². The number of nitrogens with two attached hydrogens (primary N) is 1. The maximum Gasteiger partial charge on any atom is 0.243 e. The van der Waals surface area contributed by atoms with Gasteiger partial charge < -0.3 is 19.9 Å². The smallest absolute Gasteiger partial charge is 0.243 e. The summed E-state index contributed by atoms with van der Waals surface area (Å²) in [7, 11) is -3.53. The lowest BCUT2D eigenvalue weighted by Gasteiger charge is -2.31. The Morgan fingerprint density at radius 2 is 1.85 bits per heavy atom. The molecule has 1 aromatic rings. The van der Waals surface area contributed by atoms with Crippen LogP contribution in [0, 0.1) is 0 Å². The summed E-state index contributed by atoms with van der Waals surface area (Å²) in [4.78, 5) is 0.249. The van der Waals surface area contributed by atoms with Gasteiger partial charge in [0.1, 0.15) is 0 Å². The lowest BCUT2D eigenvalue weighted by Crippen LogP contribution is -2.41. The Morgan fingerprint density at radius 3 is 2.54 bits per heavy atom. The Bertz CT molecular complexity index is 678. The summed E-state index contributed by atoms with van der Waals surface area (Å²) in [6.07, 6.45) is 3.13. The Hall–Kier alpha value is -1.06. The molecule has 9 heteroatoms. The van der Waals surface area contributed by atoms with Crippen LogP contribution < -0.4 is 15.2 Å². The zero-order valence-corrected chi connectivity index (χ0v) is 16.4. The van der Waals surface area contributed by atoms with Gasteiger partial charge in [0.05, 0.1) is 24.2 Å². The van der Waals surface area contributed by atoms with Crippen LogP contribution >= 0.6 is 12.4 Å². The molecule has 0 atom stereocenters. The summed E-state index contributed by atoms with van der Waals surface area (Å²) in [6, 6.07) is 4.84. The first-order chi connectivity index (χ1) is 12.1. The van der Waals surface area contributed by atoms with E-state index < -0.39 is 10.0 Å². The van der Waals surface area contributed by atoms with Gasteiger partial charge >= 0.3 is 0 Å². The van der Waals surface area contributed by atoms with Crippen molar-refractivity contribution in [3.8, 4) is 11.5 Å². The van der Waals surface area contributed by atoms with Crippen molar-refractivity contribution in [3.63, 3.8) is 0 Å². The normalized spacial score (nSPS) is 18.8. The molecule has 0 saturated carbocycles. The van der Waals surface area contributed by atoms with E-state index in [1.54, 1.807) is 18.2 Å². The molecule has 0 aromatic heterocycles. The molecule has 0 radical (unpaired) electrons. The highest BCUT2D eigenvalue weighted by Crippen LogP contribution is 2.33. The zero-order valence-electron chi connectivity index (χ0n) is 14.8. The van der Waals surface area contributed by atoms with Crippen molar-refractivity contribution >= 4 is 22.4 Å². The SMILES string of the molecule is Cl.NCCCOC1CCN(S(=O)(=O)c2ccc3c(c2)OCCCO3)CC1. The zero-order chi connectivity index (χ0) is 17.7. The van der Waals surface area contributed by atoms with E-state index in [9.17, 15) is 8.42 Å². The highest BCUT2D eigenvalue weighted by molar-refractivity contribution is 7.89. The molecule has 7 nitrogen and oxygen atoms in total. The van der Waals surface area contributed by atoms with Crippen molar-refractivity contribution in [1.29, 1.82) is 0 Å². The van der Waals surface area contributed by atoms with E-state index in [2.05, 4.69) is 0 Å². The summed E-state index contributed by atoms with van der Waals surface area (Å²) in [5, 5.41) is 0. The fraction of sp³-hybridized carbons (Fsp3) is 0.647. The van der Waals surface area contributed by atoms with Crippen LogP contribution in [0.2, 0.25) is 0 Å². The van der Waals surface area contributed by atoms with Crippen molar-refractivity contribution in [3.05, 3.63) is 18.2 Å². The quantitative estimate of drug-likeness (QED) is 0.724. The summed E-state index contributed by atoms with van der Waals surface area (Å²) < 4.78 is 44.2. The van der Waals surface area contributed by atoms with Gasteiger partial charge in [-0.1, -0.05) is 0 Å². The van der Waals surface area contributed by atoms with Crippen LogP contribution in [-0.2, 0) is 14.8 Å². The predicted octanol–water partition coefficient (Wildman–Crippen LogP) is 1.79. The maximum atomic E-state index is 12.9. The van der Waals surface area contributed by atoms with E-state index in [-0.39, 0.29) is 23.4 Å². The minimum Gasteiger partial charge on any atom is -0.490 e. The van der Waals surface area contributed by atoms with Gasteiger partial charge in [0, 0.05) is 32.2 Å². The second-order valence-electron chi connectivity index (χ2n) is 6.28. The number of piperidine rings is 1. The molecule has 2 aliphatic rings. The Morgan fingerprint density at radius 1 is 1.15 bits per heavy atom. The average molecular weight is 407 g/mol. The van der Waals surface area contributed by atoms with Gasteiger partial charge in [0.15, 0.2) is 11.5 Å². The molecule has 0 spiro atoms. The highest BCUT2D eigenvalue weighted by Gasteiger charge is 2.30. The van der Waals surface area contributed by atoms with Gasteiger partial charge in [0.25, 0.3) is 0 Å². The molecule has 2 N–H and O–H groups in total. The molecular formula is C17H27ClN2O5S. The van der Waals surface area contributed by atoms with Crippen LogP contribution in [0.5, 0.6) is 11.5 Å². The number of hydrogen-bond acceptors (Lipinski definition) is 6. The number of sulfonamides is 1. The second kappa shape index (κ2) is 9.75. The average Bonchev–Trinajstić information content (AvgIpc) is 2.87. The van der Waals surface area contributed by atoms with Gasteiger partial charge in [-0.25, -0.2) is 8.42 Å². The molecule has 0 unspecified atom stereocenters. The number of fused-ring (bicyclic) bond motifs is 1. The molecular weight excluding hydrogens is 380 g/mol. The molecule has 1 aromatic carbocycles. The van der Waals surface area contributed by atoms with Gasteiger partial charge in [0.2, 0.25) is 10.0 Å². The summed E-state index contributed by atoms with van der Waals surface area (Å²) >= 11 is 0. The molecule has 0 aliphatic carbocycles. The fourth-order valence-corrected chi connectivity index (χ4v) is 4.51. The second-order valence-corrected chi connectivity index (χ2v) is 8.21. The minimum absolute atomic E-state index is 0. The van der Waals surface area contributed by atoms with E-state index in [1.807, 2.05) is 0 Å². The van der Waals surface area contributed by atoms with E-state index in [1.165, 1.54) is 4.31 Å². The number of benzene rings is 1. The molecule has 0 bridgehead atoms. The van der Waals surface area contributed by atoms with E-state index in [0.29, 0.717) is 63.8 Å². The molecule has 1 saturated heterocycles. The van der Waals surface area contributed by atoms with Crippen LogP contribution in [0.4, 0.5) is 0 Å². The van der Waals surface area contributed by atoms with Crippen LogP contribution in [0.1, 0.15) is 25.7 Å². The minimum atomic E-state index is -3.53. The van der Waals surface area contributed by atoms with Crippen LogP contribution in [-0.4, -0.2) is 58.3 Å². The molecule has 1 fully saturated rings. The number of ether oxygens (including phenoxy) is 3. The largest absolute Gasteiger partial charge is 0.490 e. The van der Waals surface area contributed by atoms with Crippen LogP contribution in [0.3, 0.4) is 0 Å². The third-order valence-corrected chi connectivity index (χ3v) is 6.35. The number of halogens is 1. The van der Waals surface area contributed by atoms with E-state index >= 15 is 0 Å². The molecule has 3 rings (SSSR count). The monoisotopic (exact) mass is 406 g/mol. The van der Waals surface area contributed by atoms with Crippen LogP contribution in [0.15, 0.2) is 23.1 Å². The van der Waals surface area contributed by atoms with E-state index in [4.69, 9.17) is 19.9 Å². The molecule has 2 aliphatic heterocycles. The van der Waals surface area contributed by atoms with E-state index in [0.717, 1.165) is 12.8 Å². The van der Waals surface area contributed by atoms with Crippen LogP contribution in [0.25, 0.3) is 0 Å². The Balaban J connectivity index is 0.00000243. The van der Waals surface area contributed by atoms with Gasteiger partial charge in [-0.3, -0.25) is 0 Å². The van der Waals surface area contributed by atoms with Crippen molar-refractivity contribution in [2.45, 2.75) is 36.7 Å². The Kier molecular flexibility index (Phi) is 7.97. The summed E-state index contributed by atoms with van der Waals surface area (Å²) in [5.74, 6) is 1.10. The van der Waals surface area contributed by atoms with Crippen molar-refractivity contribution < 1.29 is 22.6 Å². The highest BCUT2D eigenvalue weighted by atomic mass is 35.5. The lowest BCUT2D eigenvalue weighted by atomic mass is 10.1. The first kappa shape index (κ1) is 21.2. The molecule has 2 heterocycles. The lowest BCUT2D eigenvalue weighted by molar-refractivity contribution is 0.0209. The number of nitrogens with zero attached hydrogens (tertiary/aromatic N) is 1. The first-order valence-corrected chi connectivity index (χ1v) is 10.3. The fourth-order valence-electron chi connectivity index (χ4n) is 3.03. The summed E-state index contributed by atoms with van der Waals surface area (Å²) in [5.41, 5.74) is 5.46. The maximum absolute atomic E-state index is 12.9. The number of rotatable bonds is 6. The van der Waals surface area contributed by atoms with Gasteiger partial charge in [-0.15, -0.1) is 12.4 Å². The molecule has 0 amide bonds. The predicted molar refractivity (Wildman–Crippen MR) is 101 cm³/mol. The van der Waals surface area contributed by atoms with Crippen molar-refractivity contribution in [2.75, 3.05) is 39.5 Å². The van der Waals surface area contributed by atoms with Crippen molar-refractivity contribution in [1.82, 2.24) is 4.31 Å². The van der Waals surface area contributed by atoms with Gasteiger partial charge in [-0.2, -0.15) is 4.31 Å². The molecule has 26 heavy (non-hydrogen) atoms. The summed E-state index contributed by atoms with van der Waals surface area (Å²) in [6.45, 7) is 3.28. The Labute approximate surface area is 161 Å². The third-order valence-electron chi connectivity index (χ3n) is 4.46. The van der Waals surface area contributed by atoms with Crippen molar-refractivity contribution in [2.24, 2.45) is 5.73 Å².